The Morgan fingerprint density at radius 2 is 1.02 bits per heavy atom. The Morgan fingerprint density at radius 3 is 1.85 bits per heavy atom. The quantitative estimate of drug-likeness (QED) is 0.189. The number of hydrogen-bond donors (Lipinski definition) is 0. The number of fused-ring (bicyclic) bond motifs is 11. The third-order valence-electron chi connectivity index (χ3n) is 10.0. The highest BCUT2D eigenvalue weighted by atomic mass is 32.1. The van der Waals surface area contributed by atoms with Crippen LogP contribution in [0.2, 0.25) is 0 Å². The van der Waals surface area contributed by atoms with E-state index in [1.165, 1.54) is 90.4 Å². The van der Waals surface area contributed by atoms with E-state index in [4.69, 9.17) is 0 Å². The lowest BCUT2D eigenvalue weighted by molar-refractivity contribution is 0.666. The number of hydrogen-bond acceptors (Lipinski definition) is 3. The van der Waals surface area contributed by atoms with Gasteiger partial charge in [0.2, 0.25) is 0 Å². The molecule has 2 heterocycles. The summed E-state index contributed by atoms with van der Waals surface area (Å²) >= 11 is 3.74. The van der Waals surface area contributed by atoms with E-state index in [1.807, 2.05) is 22.7 Å². The van der Waals surface area contributed by atoms with Gasteiger partial charge in [0.1, 0.15) is 0 Å². The third-order valence-corrected chi connectivity index (χ3v) is 12.3. The predicted molar refractivity (Wildman–Crippen MR) is 202 cm³/mol. The summed E-state index contributed by atoms with van der Waals surface area (Å²) in [6.07, 6.45) is 0. The average molecular weight is 624 g/mol. The summed E-state index contributed by atoms with van der Waals surface area (Å²) in [7, 11) is 0. The molecule has 0 N–H and O–H groups in total. The fourth-order valence-corrected chi connectivity index (χ4v) is 10.1. The van der Waals surface area contributed by atoms with Gasteiger partial charge in [-0.3, -0.25) is 0 Å². The van der Waals surface area contributed by atoms with Crippen LogP contribution >= 0.6 is 22.7 Å². The van der Waals surface area contributed by atoms with Gasteiger partial charge in [0.25, 0.3) is 0 Å². The van der Waals surface area contributed by atoms with Crippen molar-refractivity contribution >= 4 is 90.9 Å². The lowest BCUT2D eigenvalue weighted by Crippen LogP contribution is -2.15. The minimum atomic E-state index is -0.0517. The van der Waals surface area contributed by atoms with Crippen LogP contribution in [-0.4, -0.2) is 0 Å². The number of nitrogens with zero attached hydrogens (tertiary/aromatic N) is 1. The minimum Gasteiger partial charge on any atom is -0.310 e. The van der Waals surface area contributed by atoms with Crippen LogP contribution in [0.1, 0.15) is 25.0 Å². The van der Waals surface area contributed by atoms with Crippen molar-refractivity contribution in [2.75, 3.05) is 4.90 Å². The fourth-order valence-electron chi connectivity index (χ4n) is 7.91. The highest BCUT2D eigenvalue weighted by Gasteiger charge is 2.36. The Morgan fingerprint density at radius 1 is 0.435 bits per heavy atom. The molecule has 0 bridgehead atoms. The lowest BCUT2D eigenvalue weighted by atomic mass is 9.80. The van der Waals surface area contributed by atoms with Crippen LogP contribution in [0.3, 0.4) is 0 Å². The number of rotatable bonds is 3. The molecule has 0 fully saturated rings. The van der Waals surface area contributed by atoms with E-state index in [1.54, 1.807) is 0 Å². The summed E-state index contributed by atoms with van der Waals surface area (Å²) < 4.78 is 5.29. The smallest absolute Gasteiger partial charge is 0.0476 e. The monoisotopic (exact) mass is 623 g/mol. The highest BCUT2D eigenvalue weighted by molar-refractivity contribution is 7.26. The molecule has 0 unspecified atom stereocenters. The largest absolute Gasteiger partial charge is 0.310 e. The van der Waals surface area contributed by atoms with Crippen LogP contribution in [0.25, 0.3) is 62.2 Å². The zero-order chi connectivity index (χ0) is 30.6. The first kappa shape index (κ1) is 26.3. The second-order valence-electron chi connectivity index (χ2n) is 13.0. The molecule has 0 atom stereocenters. The number of anilines is 3. The second-order valence-corrected chi connectivity index (χ2v) is 15.1. The molecule has 0 spiro atoms. The van der Waals surface area contributed by atoms with Crippen LogP contribution in [-0.2, 0) is 5.41 Å². The van der Waals surface area contributed by atoms with Gasteiger partial charge >= 0.3 is 0 Å². The molecular weight excluding hydrogens is 595 g/mol. The van der Waals surface area contributed by atoms with Gasteiger partial charge in [0.15, 0.2) is 0 Å². The van der Waals surface area contributed by atoms with Crippen molar-refractivity contribution < 1.29 is 0 Å². The van der Waals surface area contributed by atoms with Gasteiger partial charge in [-0.15, -0.1) is 22.7 Å². The summed E-state index contributed by atoms with van der Waals surface area (Å²) in [4.78, 5) is 2.45. The normalized spacial score (nSPS) is 13.6. The lowest BCUT2D eigenvalue weighted by Gasteiger charge is -2.27. The van der Waals surface area contributed by atoms with Gasteiger partial charge in [-0.25, -0.2) is 0 Å². The van der Waals surface area contributed by atoms with E-state index in [2.05, 4.69) is 158 Å². The van der Waals surface area contributed by atoms with Crippen LogP contribution in [0.15, 0.2) is 140 Å². The summed E-state index contributed by atoms with van der Waals surface area (Å²) in [5, 5.41) is 7.88. The molecule has 46 heavy (non-hydrogen) atoms. The van der Waals surface area contributed by atoms with Crippen molar-refractivity contribution in [3.8, 4) is 11.1 Å². The maximum atomic E-state index is 2.45. The first-order valence-corrected chi connectivity index (χ1v) is 17.5. The van der Waals surface area contributed by atoms with E-state index in [0.29, 0.717) is 0 Å². The summed E-state index contributed by atoms with van der Waals surface area (Å²) in [5.41, 5.74) is 9.03. The maximum absolute atomic E-state index is 2.45. The highest BCUT2D eigenvalue weighted by Crippen LogP contribution is 2.52. The van der Waals surface area contributed by atoms with Crippen LogP contribution in [0.4, 0.5) is 17.1 Å². The molecule has 2 aromatic heterocycles. The number of thiophene rings is 2. The van der Waals surface area contributed by atoms with Gasteiger partial charge < -0.3 is 4.90 Å². The Balaban J connectivity index is 1.20. The summed E-state index contributed by atoms with van der Waals surface area (Å²) in [6, 6.07) is 52.1. The van der Waals surface area contributed by atoms with Crippen molar-refractivity contribution in [3.05, 3.63) is 151 Å². The Hall–Kier alpha value is -4.96. The number of benzene rings is 7. The predicted octanol–water partition coefficient (Wildman–Crippen LogP) is 13.4. The van der Waals surface area contributed by atoms with E-state index in [-0.39, 0.29) is 5.41 Å². The van der Waals surface area contributed by atoms with Gasteiger partial charge in [-0.1, -0.05) is 98.8 Å². The summed E-state index contributed by atoms with van der Waals surface area (Å²) in [6.45, 7) is 4.75. The molecule has 0 aliphatic heterocycles. The maximum Gasteiger partial charge on any atom is 0.0476 e. The van der Waals surface area contributed by atoms with E-state index >= 15 is 0 Å². The third kappa shape index (κ3) is 3.67. The second kappa shape index (κ2) is 9.53. The van der Waals surface area contributed by atoms with Crippen molar-refractivity contribution in [2.45, 2.75) is 19.3 Å². The van der Waals surface area contributed by atoms with E-state index in [9.17, 15) is 0 Å². The molecule has 0 saturated carbocycles. The van der Waals surface area contributed by atoms with E-state index < -0.39 is 0 Å². The molecular formula is C43H29NS2. The van der Waals surface area contributed by atoms with Crippen LogP contribution < -0.4 is 4.90 Å². The zero-order valence-electron chi connectivity index (χ0n) is 25.5. The Bertz CT molecular complexity index is 2690. The molecule has 0 amide bonds. The van der Waals surface area contributed by atoms with Crippen LogP contribution in [0.5, 0.6) is 0 Å². The first-order valence-electron chi connectivity index (χ1n) is 15.8. The molecule has 7 aromatic carbocycles. The Kier molecular flexibility index (Phi) is 5.44. The van der Waals surface area contributed by atoms with Crippen molar-refractivity contribution in [3.63, 3.8) is 0 Å². The topological polar surface area (TPSA) is 3.24 Å². The first-order chi connectivity index (χ1) is 22.5. The molecule has 9 aromatic rings. The molecule has 1 aliphatic rings. The summed E-state index contributed by atoms with van der Waals surface area (Å²) in [5.74, 6) is 0. The van der Waals surface area contributed by atoms with E-state index in [0.717, 1.165) is 0 Å². The zero-order valence-corrected chi connectivity index (χ0v) is 27.2. The molecule has 10 rings (SSSR count). The van der Waals surface area contributed by atoms with Gasteiger partial charge in [-0.2, -0.15) is 0 Å². The SMILES string of the molecule is CC1(C)c2ccccc2-c2ccc3cc(N(c4ccc5c(c4)sc4ccccc45)c4ccc5sc6ccccc6c5c4)ccc3c21. The standard InChI is InChI=1S/C43H29NS2/c1-43(2)37-12-6-3-9-31(37)35-19-15-26-23-27(16-20-30(26)42(35)43)44(28-18-22-40-36(24-28)33-11-5-8-14-39(33)45-40)29-17-21-34-32-10-4-7-13-38(32)46-41(34)25-29/h3-25H,1-2H3. The van der Waals surface area contributed by atoms with Crippen LogP contribution in [0, 0.1) is 0 Å². The fraction of sp³-hybridized carbons (Fsp3) is 0.0698. The molecule has 1 aliphatic carbocycles. The molecule has 3 heteroatoms. The van der Waals surface area contributed by atoms with Gasteiger partial charge in [-0.05, 0) is 87.6 Å². The van der Waals surface area contributed by atoms with Crippen molar-refractivity contribution in [2.24, 2.45) is 0 Å². The molecule has 0 radical (unpaired) electrons. The van der Waals surface area contributed by atoms with Gasteiger partial charge in [0, 0.05) is 62.8 Å². The van der Waals surface area contributed by atoms with Crippen molar-refractivity contribution in [1.82, 2.24) is 0 Å². The van der Waals surface area contributed by atoms with Gasteiger partial charge in [0.05, 0.1) is 0 Å². The average Bonchev–Trinajstić information content (AvgIpc) is 3.72. The minimum absolute atomic E-state index is 0.0517. The van der Waals surface area contributed by atoms with Crippen molar-refractivity contribution in [1.29, 1.82) is 0 Å². The molecule has 0 saturated heterocycles. The molecule has 218 valence electrons. The molecule has 1 nitrogen and oxygen atoms in total. The Labute approximate surface area is 275 Å².